The van der Waals surface area contributed by atoms with Gasteiger partial charge in [-0.2, -0.15) is 0 Å². The molecule has 8 heteroatoms. The van der Waals surface area contributed by atoms with E-state index in [0.29, 0.717) is 6.42 Å². The molecule has 2 N–H and O–H groups in total. The van der Waals surface area contributed by atoms with Crippen LogP contribution in [-0.4, -0.2) is 37.2 Å². The molecule has 2 heterocycles. The van der Waals surface area contributed by atoms with Crippen LogP contribution in [0.25, 0.3) is 0 Å². The second-order valence-electron chi connectivity index (χ2n) is 4.73. The van der Waals surface area contributed by atoms with Gasteiger partial charge in [0.25, 0.3) is 0 Å². The smallest absolute Gasteiger partial charge is 0.374 e. The number of carbonyl (C=O) groups is 3. The highest BCUT2D eigenvalue weighted by Gasteiger charge is 2.32. The SMILES string of the molecule is CCOC(=O)C1=C(COC(=O)c2ccco2)NC(=O)N[C@@H]1CC. The molecule has 1 aromatic heterocycles. The number of hydrogen-bond donors (Lipinski definition) is 2. The predicted octanol–water partition coefficient (Wildman–Crippen LogP) is 1.34. The minimum absolute atomic E-state index is 0.0376. The Hall–Kier alpha value is -2.77. The van der Waals surface area contributed by atoms with Gasteiger partial charge >= 0.3 is 18.0 Å². The van der Waals surface area contributed by atoms with Crippen molar-refractivity contribution < 1.29 is 28.3 Å². The number of amides is 2. The van der Waals surface area contributed by atoms with Gasteiger partial charge < -0.3 is 24.5 Å². The van der Waals surface area contributed by atoms with Crippen molar-refractivity contribution in [3.8, 4) is 0 Å². The van der Waals surface area contributed by atoms with E-state index in [1.807, 2.05) is 6.92 Å². The molecule has 2 amide bonds. The van der Waals surface area contributed by atoms with Crippen LogP contribution in [0.1, 0.15) is 30.8 Å². The monoisotopic (exact) mass is 322 g/mol. The topological polar surface area (TPSA) is 107 Å². The van der Waals surface area contributed by atoms with Crippen molar-refractivity contribution in [2.45, 2.75) is 26.3 Å². The Bertz CT molecular complexity index is 620. The molecule has 0 spiro atoms. The molecule has 0 saturated heterocycles. The third-order valence-corrected chi connectivity index (χ3v) is 3.22. The molecule has 8 nitrogen and oxygen atoms in total. The van der Waals surface area contributed by atoms with Crippen LogP contribution in [0.5, 0.6) is 0 Å². The molecule has 1 aliphatic rings. The molecule has 23 heavy (non-hydrogen) atoms. The molecule has 1 aromatic rings. The molecule has 2 rings (SSSR count). The zero-order valence-electron chi connectivity index (χ0n) is 12.9. The average molecular weight is 322 g/mol. The predicted molar refractivity (Wildman–Crippen MR) is 78.4 cm³/mol. The maximum atomic E-state index is 12.1. The lowest BCUT2D eigenvalue weighted by Gasteiger charge is -2.28. The van der Waals surface area contributed by atoms with Gasteiger partial charge in [0.15, 0.2) is 0 Å². The van der Waals surface area contributed by atoms with Gasteiger partial charge in [-0.05, 0) is 25.5 Å². The van der Waals surface area contributed by atoms with Crippen LogP contribution in [0, 0.1) is 0 Å². The first-order valence-corrected chi connectivity index (χ1v) is 7.25. The second-order valence-corrected chi connectivity index (χ2v) is 4.73. The minimum Gasteiger partial charge on any atom is -0.463 e. The molecular formula is C15H18N2O6. The molecule has 1 atom stereocenters. The third kappa shape index (κ3) is 3.91. The number of ether oxygens (including phenoxy) is 2. The molecule has 0 unspecified atom stereocenters. The van der Waals surface area contributed by atoms with E-state index in [2.05, 4.69) is 10.6 Å². The summed E-state index contributed by atoms with van der Waals surface area (Å²) in [6.07, 6.45) is 1.84. The van der Waals surface area contributed by atoms with Crippen LogP contribution in [0.3, 0.4) is 0 Å². The molecule has 0 fully saturated rings. The van der Waals surface area contributed by atoms with Crippen LogP contribution < -0.4 is 10.6 Å². The Kier molecular flexibility index (Phi) is 5.40. The number of esters is 2. The highest BCUT2D eigenvalue weighted by atomic mass is 16.5. The largest absolute Gasteiger partial charge is 0.463 e. The van der Waals surface area contributed by atoms with E-state index in [1.54, 1.807) is 13.0 Å². The zero-order valence-corrected chi connectivity index (χ0v) is 12.9. The van der Waals surface area contributed by atoms with Crippen molar-refractivity contribution in [1.29, 1.82) is 0 Å². The molecule has 0 aromatic carbocycles. The van der Waals surface area contributed by atoms with E-state index < -0.39 is 24.0 Å². The normalized spacial score (nSPS) is 17.3. The summed E-state index contributed by atoms with van der Waals surface area (Å²) < 4.78 is 15.0. The van der Waals surface area contributed by atoms with E-state index in [-0.39, 0.29) is 30.2 Å². The number of rotatable bonds is 6. The minimum atomic E-state index is -0.688. The average Bonchev–Trinajstić information content (AvgIpc) is 3.06. The van der Waals surface area contributed by atoms with Crippen LogP contribution in [0.4, 0.5) is 4.79 Å². The van der Waals surface area contributed by atoms with Crippen LogP contribution in [0.2, 0.25) is 0 Å². The Balaban J connectivity index is 2.19. The summed E-state index contributed by atoms with van der Waals surface area (Å²) in [4.78, 5) is 35.6. The van der Waals surface area contributed by atoms with Gasteiger partial charge in [0.05, 0.1) is 30.2 Å². The van der Waals surface area contributed by atoms with Gasteiger partial charge in [0.1, 0.15) is 6.61 Å². The van der Waals surface area contributed by atoms with E-state index >= 15 is 0 Å². The van der Waals surface area contributed by atoms with Crippen molar-refractivity contribution in [3.05, 3.63) is 35.4 Å². The number of furan rings is 1. The Morgan fingerprint density at radius 2 is 2.04 bits per heavy atom. The summed E-state index contributed by atoms with van der Waals surface area (Å²) in [5.41, 5.74) is 0.458. The Morgan fingerprint density at radius 3 is 2.65 bits per heavy atom. The molecule has 0 aliphatic carbocycles. The highest BCUT2D eigenvalue weighted by Crippen LogP contribution is 2.17. The molecule has 0 saturated carbocycles. The summed E-state index contributed by atoms with van der Waals surface area (Å²) in [6, 6.07) is 2.05. The third-order valence-electron chi connectivity index (χ3n) is 3.22. The number of carbonyl (C=O) groups excluding carboxylic acids is 3. The fraction of sp³-hybridized carbons (Fsp3) is 0.400. The lowest BCUT2D eigenvalue weighted by molar-refractivity contribution is -0.139. The summed E-state index contributed by atoms with van der Waals surface area (Å²) >= 11 is 0. The van der Waals surface area contributed by atoms with Crippen LogP contribution >= 0.6 is 0 Å². The highest BCUT2D eigenvalue weighted by molar-refractivity contribution is 5.95. The van der Waals surface area contributed by atoms with Gasteiger partial charge in [-0.25, -0.2) is 14.4 Å². The van der Waals surface area contributed by atoms with Crippen LogP contribution in [-0.2, 0) is 14.3 Å². The molecule has 124 valence electrons. The number of urea groups is 1. The number of hydrogen-bond acceptors (Lipinski definition) is 6. The zero-order chi connectivity index (χ0) is 16.8. The van der Waals surface area contributed by atoms with Gasteiger partial charge in [0.2, 0.25) is 5.76 Å². The van der Waals surface area contributed by atoms with Gasteiger partial charge in [-0.1, -0.05) is 6.92 Å². The van der Waals surface area contributed by atoms with Crippen molar-refractivity contribution >= 4 is 18.0 Å². The first kappa shape index (κ1) is 16.6. The fourth-order valence-corrected chi connectivity index (χ4v) is 2.18. The summed E-state index contributed by atoms with van der Waals surface area (Å²) in [6.45, 7) is 3.44. The van der Waals surface area contributed by atoms with Gasteiger partial charge in [0, 0.05) is 0 Å². The van der Waals surface area contributed by atoms with Gasteiger partial charge in [-0.3, -0.25) is 0 Å². The summed E-state index contributed by atoms with van der Waals surface area (Å²) in [5, 5.41) is 5.12. The number of nitrogens with one attached hydrogen (secondary N) is 2. The summed E-state index contributed by atoms with van der Waals surface area (Å²) in [7, 11) is 0. The molecule has 0 radical (unpaired) electrons. The maximum Gasteiger partial charge on any atom is 0.374 e. The molecular weight excluding hydrogens is 304 g/mol. The quantitative estimate of drug-likeness (QED) is 0.766. The van der Waals surface area contributed by atoms with E-state index in [0.717, 1.165) is 0 Å². The lowest BCUT2D eigenvalue weighted by atomic mass is 10.0. The molecule has 1 aliphatic heterocycles. The van der Waals surface area contributed by atoms with E-state index in [9.17, 15) is 14.4 Å². The first-order chi connectivity index (χ1) is 11.1. The van der Waals surface area contributed by atoms with E-state index in [4.69, 9.17) is 13.9 Å². The Labute approximate surface area is 132 Å². The lowest BCUT2D eigenvalue weighted by Crippen LogP contribution is -2.51. The molecule has 0 bridgehead atoms. The van der Waals surface area contributed by atoms with Crippen molar-refractivity contribution in [3.63, 3.8) is 0 Å². The van der Waals surface area contributed by atoms with Gasteiger partial charge in [-0.15, -0.1) is 0 Å². The van der Waals surface area contributed by atoms with E-state index in [1.165, 1.54) is 12.3 Å². The van der Waals surface area contributed by atoms with Crippen molar-refractivity contribution in [2.24, 2.45) is 0 Å². The standard InChI is InChI=1S/C15H18N2O6/c1-3-9-12(14(19)21-4-2)10(17-15(20)16-9)8-23-13(18)11-6-5-7-22-11/h5-7,9H,3-4,8H2,1-2H3,(H2,16,17,20)/t9-/m1/s1. The van der Waals surface area contributed by atoms with Crippen molar-refractivity contribution in [1.82, 2.24) is 10.6 Å². The fourth-order valence-electron chi connectivity index (χ4n) is 2.18. The van der Waals surface area contributed by atoms with Crippen molar-refractivity contribution in [2.75, 3.05) is 13.2 Å². The van der Waals surface area contributed by atoms with Crippen LogP contribution in [0.15, 0.2) is 34.1 Å². The maximum absolute atomic E-state index is 12.1. The first-order valence-electron chi connectivity index (χ1n) is 7.25. The Morgan fingerprint density at radius 1 is 1.26 bits per heavy atom. The summed E-state index contributed by atoms with van der Waals surface area (Å²) in [5.74, 6) is -1.21. The second kappa shape index (κ2) is 7.48.